The highest BCUT2D eigenvalue weighted by Gasteiger charge is 2.33. The van der Waals surface area contributed by atoms with Crippen LogP contribution in [0, 0.1) is 17.8 Å². The molecule has 4 atom stereocenters. The molecule has 0 amide bonds. The molecule has 1 aliphatic carbocycles. The SMILES string of the molecule is C[C@@H]1CC(NC[C@@H]2CCN(C)[C@H]2c2cccnc2)C[C@@H](C)C1. The van der Waals surface area contributed by atoms with Gasteiger partial charge in [0.1, 0.15) is 0 Å². The molecular weight excluding hydrogens is 270 g/mol. The summed E-state index contributed by atoms with van der Waals surface area (Å²) in [6, 6.07) is 5.55. The van der Waals surface area contributed by atoms with Crippen molar-refractivity contribution >= 4 is 0 Å². The second-order valence-corrected chi connectivity index (χ2v) is 7.78. The lowest BCUT2D eigenvalue weighted by molar-refractivity contribution is 0.219. The molecule has 1 aromatic heterocycles. The predicted octanol–water partition coefficient (Wildman–Crippen LogP) is 3.49. The fourth-order valence-electron chi connectivity index (χ4n) is 4.75. The van der Waals surface area contributed by atoms with Crippen LogP contribution < -0.4 is 5.32 Å². The number of hydrogen-bond acceptors (Lipinski definition) is 3. The van der Waals surface area contributed by atoms with E-state index in [1.807, 2.05) is 12.4 Å². The van der Waals surface area contributed by atoms with Gasteiger partial charge in [-0.15, -0.1) is 0 Å². The first-order chi connectivity index (χ1) is 10.6. The molecule has 1 aromatic rings. The van der Waals surface area contributed by atoms with Crippen LogP contribution in [0.25, 0.3) is 0 Å². The zero-order chi connectivity index (χ0) is 15.5. The Bertz CT molecular complexity index is 451. The van der Waals surface area contributed by atoms with E-state index in [0.717, 1.165) is 24.4 Å². The zero-order valence-electron chi connectivity index (χ0n) is 14.3. The van der Waals surface area contributed by atoms with Crippen molar-refractivity contribution in [1.82, 2.24) is 15.2 Å². The van der Waals surface area contributed by atoms with Crippen LogP contribution in [0.15, 0.2) is 24.5 Å². The lowest BCUT2D eigenvalue weighted by atomic mass is 9.80. The van der Waals surface area contributed by atoms with E-state index < -0.39 is 0 Å². The van der Waals surface area contributed by atoms with Gasteiger partial charge in [0, 0.05) is 31.0 Å². The van der Waals surface area contributed by atoms with E-state index in [-0.39, 0.29) is 0 Å². The maximum Gasteiger partial charge on any atom is 0.0401 e. The molecule has 1 saturated heterocycles. The molecular formula is C19H31N3. The summed E-state index contributed by atoms with van der Waals surface area (Å²) < 4.78 is 0. The van der Waals surface area contributed by atoms with Crippen molar-refractivity contribution < 1.29 is 0 Å². The molecule has 1 saturated carbocycles. The Morgan fingerprint density at radius 1 is 1.23 bits per heavy atom. The van der Waals surface area contributed by atoms with E-state index in [4.69, 9.17) is 0 Å². The Hall–Kier alpha value is -0.930. The Balaban J connectivity index is 1.59. The molecule has 0 radical (unpaired) electrons. The first kappa shape index (κ1) is 15.9. The third-order valence-electron chi connectivity index (χ3n) is 5.65. The van der Waals surface area contributed by atoms with E-state index >= 15 is 0 Å². The minimum Gasteiger partial charge on any atom is -0.314 e. The summed E-state index contributed by atoms with van der Waals surface area (Å²) in [7, 11) is 2.25. The quantitative estimate of drug-likeness (QED) is 0.922. The molecule has 3 nitrogen and oxygen atoms in total. The molecule has 1 aliphatic heterocycles. The van der Waals surface area contributed by atoms with Gasteiger partial charge >= 0.3 is 0 Å². The summed E-state index contributed by atoms with van der Waals surface area (Å²) in [4.78, 5) is 6.82. The third-order valence-corrected chi connectivity index (χ3v) is 5.65. The Labute approximate surface area is 135 Å². The van der Waals surface area contributed by atoms with Crippen molar-refractivity contribution in [2.24, 2.45) is 17.8 Å². The monoisotopic (exact) mass is 301 g/mol. The maximum absolute atomic E-state index is 4.32. The second kappa shape index (κ2) is 7.10. The van der Waals surface area contributed by atoms with Crippen molar-refractivity contribution in [3.8, 4) is 0 Å². The topological polar surface area (TPSA) is 28.2 Å². The smallest absolute Gasteiger partial charge is 0.0401 e. The van der Waals surface area contributed by atoms with Gasteiger partial charge in [-0.2, -0.15) is 0 Å². The van der Waals surface area contributed by atoms with Crippen LogP contribution in [0.4, 0.5) is 0 Å². The van der Waals surface area contributed by atoms with E-state index in [1.54, 1.807) is 0 Å². The Morgan fingerprint density at radius 2 is 2.00 bits per heavy atom. The molecule has 122 valence electrons. The minimum absolute atomic E-state index is 0.527. The Kier molecular flexibility index (Phi) is 5.14. The summed E-state index contributed by atoms with van der Waals surface area (Å²) in [5.41, 5.74) is 1.37. The van der Waals surface area contributed by atoms with Gasteiger partial charge in [0.2, 0.25) is 0 Å². The molecule has 3 rings (SSSR count). The second-order valence-electron chi connectivity index (χ2n) is 7.78. The number of pyridine rings is 1. The maximum atomic E-state index is 4.32. The van der Waals surface area contributed by atoms with Gasteiger partial charge in [0.05, 0.1) is 0 Å². The first-order valence-corrected chi connectivity index (χ1v) is 8.97. The molecule has 2 aliphatic rings. The fraction of sp³-hybridized carbons (Fsp3) is 0.737. The van der Waals surface area contributed by atoms with Gasteiger partial charge in [-0.25, -0.2) is 0 Å². The zero-order valence-corrected chi connectivity index (χ0v) is 14.3. The van der Waals surface area contributed by atoms with Gasteiger partial charge < -0.3 is 5.32 Å². The number of nitrogens with zero attached hydrogens (tertiary/aromatic N) is 2. The van der Waals surface area contributed by atoms with Gasteiger partial charge in [-0.05, 0) is 68.7 Å². The molecule has 0 bridgehead atoms. The summed E-state index contributed by atoms with van der Waals surface area (Å²) >= 11 is 0. The number of hydrogen-bond donors (Lipinski definition) is 1. The average molecular weight is 301 g/mol. The molecule has 0 aromatic carbocycles. The van der Waals surface area contributed by atoms with Crippen molar-refractivity contribution in [2.45, 2.75) is 51.6 Å². The normalized spacial score (nSPS) is 36.6. The molecule has 2 fully saturated rings. The number of rotatable bonds is 4. The number of nitrogens with one attached hydrogen (secondary N) is 1. The first-order valence-electron chi connectivity index (χ1n) is 8.97. The van der Waals surface area contributed by atoms with E-state index in [0.29, 0.717) is 12.0 Å². The van der Waals surface area contributed by atoms with Crippen LogP contribution >= 0.6 is 0 Å². The molecule has 22 heavy (non-hydrogen) atoms. The van der Waals surface area contributed by atoms with E-state index in [9.17, 15) is 0 Å². The van der Waals surface area contributed by atoms with Crippen LogP contribution in [0.3, 0.4) is 0 Å². The van der Waals surface area contributed by atoms with Gasteiger partial charge in [-0.1, -0.05) is 19.9 Å². The molecule has 1 N–H and O–H groups in total. The predicted molar refractivity (Wildman–Crippen MR) is 91.7 cm³/mol. The lowest BCUT2D eigenvalue weighted by Gasteiger charge is -2.34. The van der Waals surface area contributed by atoms with E-state index in [1.165, 1.54) is 37.8 Å². The fourth-order valence-corrected chi connectivity index (χ4v) is 4.75. The standard InChI is InChI=1S/C19H31N3/c1-14-9-15(2)11-18(10-14)21-13-17-6-8-22(3)19(17)16-5-4-7-20-12-16/h4-5,7,12,14-15,17-19,21H,6,8-11,13H2,1-3H3/t14-,15-,17-,19-/m0/s1. The van der Waals surface area contributed by atoms with Crippen molar-refractivity contribution in [2.75, 3.05) is 20.1 Å². The highest BCUT2D eigenvalue weighted by molar-refractivity contribution is 5.17. The number of aromatic nitrogens is 1. The summed E-state index contributed by atoms with van der Waals surface area (Å²) in [5, 5.41) is 3.90. The van der Waals surface area contributed by atoms with E-state index in [2.05, 4.69) is 48.2 Å². The average Bonchev–Trinajstić information content (AvgIpc) is 2.86. The molecule has 2 heterocycles. The molecule has 0 unspecified atom stereocenters. The van der Waals surface area contributed by atoms with Gasteiger partial charge in [0.15, 0.2) is 0 Å². The van der Waals surface area contributed by atoms with Crippen LogP contribution in [-0.2, 0) is 0 Å². The van der Waals surface area contributed by atoms with Crippen molar-refractivity contribution in [3.05, 3.63) is 30.1 Å². The van der Waals surface area contributed by atoms with Crippen LogP contribution in [0.5, 0.6) is 0 Å². The largest absolute Gasteiger partial charge is 0.314 e. The van der Waals surface area contributed by atoms with Crippen LogP contribution in [0.2, 0.25) is 0 Å². The highest BCUT2D eigenvalue weighted by Crippen LogP contribution is 2.36. The van der Waals surface area contributed by atoms with Crippen molar-refractivity contribution in [3.63, 3.8) is 0 Å². The highest BCUT2D eigenvalue weighted by atomic mass is 15.2. The summed E-state index contributed by atoms with van der Waals surface area (Å²) in [6.07, 6.45) is 9.32. The third kappa shape index (κ3) is 3.69. The number of likely N-dealkylation sites (tertiary alicyclic amines) is 1. The van der Waals surface area contributed by atoms with Crippen LogP contribution in [0.1, 0.15) is 51.1 Å². The molecule has 3 heteroatoms. The van der Waals surface area contributed by atoms with Gasteiger partial charge in [0.25, 0.3) is 0 Å². The summed E-state index contributed by atoms with van der Waals surface area (Å²) in [5.74, 6) is 2.46. The van der Waals surface area contributed by atoms with Crippen molar-refractivity contribution in [1.29, 1.82) is 0 Å². The minimum atomic E-state index is 0.527. The van der Waals surface area contributed by atoms with Gasteiger partial charge in [-0.3, -0.25) is 9.88 Å². The Morgan fingerprint density at radius 3 is 2.68 bits per heavy atom. The van der Waals surface area contributed by atoms with Crippen LogP contribution in [-0.4, -0.2) is 36.1 Å². The summed E-state index contributed by atoms with van der Waals surface area (Å²) in [6.45, 7) is 7.16. The molecule has 0 spiro atoms. The lowest BCUT2D eigenvalue weighted by Crippen LogP contribution is -2.39.